The highest BCUT2D eigenvalue weighted by atomic mass is 16.6. The first-order valence-corrected chi connectivity index (χ1v) is 11.9. The first-order chi connectivity index (χ1) is 18.7. The third-order valence-electron chi connectivity index (χ3n) is 5.81. The molecule has 0 bridgehead atoms. The Morgan fingerprint density at radius 2 is 0.667 bits per heavy atom. The molecule has 0 fully saturated rings. The van der Waals surface area contributed by atoms with Crippen molar-refractivity contribution < 1.29 is 38.1 Å². The molecule has 0 aliphatic rings. The van der Waals surface area contributed by atoms with Crippen LogP contribution in [0.3, 0.4) is 0 Å². The number of carbonyl (C=O) groups excluding carboxylic acids is 4. The quantitative estimate of drug-likeness (QED) is 0.196. The average Bonchev–Trinajstić information content (AvgIpc) is 2.94. The predicted octanol–water partition coefficient (Wildman–Crippen LogP) is 5.03. The zero-order chi connectivity index (χ0) is 27.8. The van der Waals surface area contributed by atoms with Crippen molar-refractivity contribution in [2.45, 2.75) is 19.3 Å². The number of para-hydroxylation sites is 2. The minimum Gasteiger partial charge on any atom is -0.418 e. The Kier molecular flexibility index (Phi) is 8.16. The van der Waals surface area contributed by atoms with Gasteiger partial charge in [0.25, 0.3) is 0 Å². The van der Waals surface area contributed by atoms with Crippen LogP contribution in [0.2, 0.25) is 0 Å². The highest BCUT2D eigenvalue weighted by Gasteiger charge is 2.25. The van der Waals surface area contributed by atoms with Gasteiger partial charge in [-0.1, -0.05) is 74.5 Å². The van der Waals surface area contributed by atoms with Crippen molar-refractivity contribution in [3.05, 3.63) is 120 Å². The molecule has 0 atom stereocenters. The van der Waals surface area contributed by atoms with Gasteiger partial charge in [0.15, 0.2) is 0 Å². The van der Waals surface area contributed by atoms with Crippen LogP contribution in [0.4, 0.5) is 0 Å². The monoisotopic (exact) mass is 524 g/mol. The molecule has 0 spiro atoms. The summed E-state index contributed by atoms with van der Waals surface area (Å²) in [5, 5.41) is 0. The van der Waals surface area contributed by atoms with E-state index in [4.69, 9.17) is 18.9 Å². The fourth-order valence-corrected chi connectivity index (χ4v) is 3.62. The van der Waals surface area contributed by atoms with Gasteiger partial charge in [-0.15, -0.1) is 0 Å². The van der Waals surface area contributed by atoms with Crippen molar-refractivity contribution >= 4 is 23.9 Å². The summed E-state index contributed by atoms with van der Waals surface area (Å²) >= 11 is 0. The van der Waals surface area contributed by atoms with E-state index in [1.54, 1.807) is 109 Å². The summed E-state index contributed by atoms with van der Waals surface area (Å²) in [6.07, 6.45) is 0. The van der Waals surface area contributed by atoms with Gasteiger partial charge in [-0.3, -0.25) is 0 Å². The zero-order valence-electron chi connectivity index (χ0n) is 21.2. The summed E-state index contributed by atoms with van der Waals surface area (Å²) in [5.41, 5.74) is 1.31. The Bertz CT molecular complexity index is 1350. The van der Waals surface area contributed by atoms with Gasteiger partial charge in [0.2, 0.25) is 0 Å². The smallest absolute Gasteiger partial charge is 0.418 e. The van der Waals surface area contributed by atoms with Crippen LogP contribution in [-0.4, -0.2) is 23.9 Å². The van der Waals surface area contributed by atoms with E-state index in [1.165, 1.54) is 0 Å². The summed E-state index contributed by atoms with van der Waals surface area (Å²) in [5.74, 6) is -3.66. The van der Waals surface area contributed by atoms with Crippen LogP contribution in [-0.2, 0) is 24.6 Å². The van der Waals surface area contributed by atoms with Crippen LogP contribution < -0.4 is 18.9 Å². The topological polar surface area (TPSA) is 105 Å². The van der Waals surface area contributed by atoms with Gasteiger partial charge in [0.05, 0.1) is 0 Å². The summed E-state index contributed by atoms with van der Waals surface area (Å²) in [7, 11) is 0. The van der Waals surface area contributed by atoms with E-state index in [-0.39, 0.29) is 23.0 Å². The molecule has 8 nitrogen and oxygen atoms in total. The molecule has 4 aromatic carbocycles. The fraction of sp³-hybridized carbons (Fsp3) is 0.0968. The molecular weight excluding hydrogens is 500 g/mol. The van der Waals surface area contributed by atoms with Crippen molar-refractivity contribution in [1.29, 1.82) is 0 Å². The van der Waals surface area contributed by atoms with Gasteiger partial charge in [-0.2, -0.15) is 0 Å². The Hall–Kier alpha value is -5.24. The second-order valence-corrected chi connectivity index (χ2v) is 8.86. The van der Waals surface area contributed by atoms with E-state index in [2.05, 4.69) is 0 Å². The predicted molar refractivity (Wildman–Crippen MR) is 140 cm³/mol. The normalized spacial score (nSPS) is 10.7. The SMILES string of the molecule is CC(C)(c1ccc(OC(=O)C(=O)Oc2ccccc2)cc1)c1ccc(OC(=O)C(=O)Oc2ccccc2)cc1. The molecule has 4 rings (SSSR count). The summed E-state index contributed by atoms with van der Waals surface area (Å²) < 4.78 is 20.2. The first-order valence-electron chi connectivity index (χ1n) is 11.9. The maximum Gasteiger partial charge on any atom is 0.423 e. The molecule has 8 heteroatoms. The fourth-order valence-electron chi connectivity index (χ4n) is 3.62. The molecule has 0 radical (unpaired) electrons. The second kappa shape index (κ2) is 11.9. The van der Waals surface area contributed by atoms with Crippen molar-refractivity contribution in [3.8, 4) is 23.0 Å². The van der Waals surface area contributed by atoms with Gasteiger partial charge in [0, 0.05) is 5.41 Å². The number of hydrogen-bond acceptors (Lipinski definition) is 8. The molecule has 39 heavy (non-hydrogen) atoms. The van der Waals surface area contributed by atoms with Gasteiger partial charge in [-0.05, 0) is 59.7 Å². The van der Waals surface area contributed by atoms with Crippen LogP contribution in [0.1, 0.15) is 25.0 Å². The zero-order valence-corrected chi connectivity index (χ0v) is 21.2. The van der Waals surface area contributed by atoms with E-state index in [0.717, 1.165) is 11.1 Å². The number of benzene rings is 4. The lowest BCUT2D eigenvalue weighted by Crippen LogP contribution is -2.25. The maximum absolute atomic E-state index is 12.1. The molecule has 0 unspecified atom stereocenters. The van der Waals surface area contributed by atoms with E-state index in [0.29, 0.717) is 0 Å². The molecule has 0 amide bonds. The van der Waals surface area contributed by atoms with Gasteiger partial charge in [0.1, 0.15) is 23.0 Å². The number of hydrogen-bond donors (Lipinski definition) is 0. The lowest BCUT2D eigenvalue weighted by atomic mass is 9.78. The number of carbonyl (C=O) groups is 4. The van der Waals surface area contributed by atoms with Crippen LogP contribution in [0, 0.1) is 0 Å². The van der Waals surface area contributed by atoms with Crippen LogP contribution in [0.25, 0.3) is 0 Å². The van der Waals surface area contributed by atoms with Crippen molar-refractivity contribution in [1.82, 2.24) is 0 Å². The van der Waals surface area contributed by atoms with Gasteiger partial charge >= 0.3 is 23.9 Å². The molecule has 0 saturated carbocycles. The van der Waals surface area contributed by atoms with E-state index in [1.807, 2.05) is 13.8 Å². The van der Waals surface area contributed by atoms with Crippen molar-refractivity contribution in [2.24, 2.45) is 0 Å². The van der Waals surface area contributed by atoms with E-state index in [9.17, 15) is 19.2 Å². The van der Waals surface area contributed by atoms with E-state index < -0.39 is 29.3 Å². The van der Waals surface area contributed by atoms with Crippen LogP contribution >= 0.6 is 0 Å². The molecule has 4 aromatic rings. The van der Waals surface area contributed by atoms with E-state index >= 15 is 0 Å². The third kappa shape index (κ3) is 6.95. The van der Waals surface area contributed by atoms with Crippen molar-refractivity contribution in [3.63, 3.8) is 0 Å². The molecule has 0 heterocycles. The molecule has 0 aromatic heterocycles. The Balaban J connectivity index is 1.35. The Labute approximate surface area is 224 Å². The highest BCUT2D eigenvalue weighted by Crippen LogP contribution is 2.33. The van der Waals surface area contributed by atoms with Gasteiger partial charge < -0.3 is 18.9 Å². The maximum atomic E-state index is 12.1. The highest BCUT2D eigenvalue weighted by molar-refractivity contribution is 6.31. The molecule has 0 aliphatic heterocycles. The molecule has 0 N–H and O–H groups in total. The molecule has 0 aliphatic carbocycles. The lowest BCUT2D eigenvalue weighted by Gasteiger charge is -2.26. The summed E-state index contributed by atoms with van der Waals surface area (Å²) in [6.45, 7) is 3.98. The molecule has 0 saturated heterocycles. The Morgan fingerprint density at radius 3 is 0.949 bits per heavy atom. The summed E-state index contributed by atoms with van der Waals surface area (Å²) in [6, 6.07) is 29.9. The average molecular weight is 525 g/mol. The van der Waals surface area contributed by atoms with Crippen molar-refractivity contribution in [2.75, 3.05) is 0 Å². The standard InChI is InChI=1S/C31H24O8/c1-31(2,21-13-17-25(18-14-21)38-29(34)27(32)36-23-9-5-3-6-10-23)22-15-19-26(20-16-22)39-30(35)28(33)37-24-11-7-4-8-12-24/h3-20H,1-2H3. The lowest BCUT2D eigenvalue weighted by molar-refractivity contribution is -0.156. The Morgan fingerprint density at radius 1 is 0.410 bits per heavy atom. The number of esters is 4. The van der Waals surface area contributed by atoms with Gasteiger partial charge in [-0.25, -0.2) is 19.2 Å². The molecular formula is C31H24O8. The first kappa shape index (κ1) is 26.8. The van der Waals surface area contributed by atoms with Crippen LogP contribution in [0.5, 0.6) is 23.0 Å². The molecule has 196 valence electrons. The second-order valence-electron chi connectivity index (χ2n) is 8.86. The number of rotatable bonds is 6. The largest absolute Gasteiger partial charge is 0.423 e. The van der Waals surface area contributed by atoms with Crippen LogP contribution in [0.15, 0.2) is 109 Å². The number of ether oxygens (including phenoxy) is 4. The minimum atomic E-state index is -1.14. The minimum absolute atomic E-state index is 0.189. The summed E-state index contributed by atoms with van der Waals surface area (Å²) in [4.78, 5) is 48.2. The third-order valence-corrected chi connectivity index (χ3v) is 5.81.